The fourth-order valence-electron chi connectivity index (χ4n) is 2.32. The fraction of sp³-hybridized carbons (Fsp3) is 0.231. The van der Waals surface area contributed by atoms with Crippen LogP contribution in [0, 0.1) is 0 Å². The SMILES string of the molecule is [B]c1ccc2ncn(C3CCC(=O)NC3=O)c(=O)c2c1. The molecule has 1 aliphatic rings. The number of fused-ring (bicyclic) bond motifs is 1. The van der Waals surface area contributed by atoms with Crippen molar-refractivity contribution in [2.45, 2.75) is 18.9 Å². The molecule has 1 saturated heterocycles. The highest BCUT2D eigenvalue weighted by atomic mass is 16.2. The van der Waals surface area contributed by atoms with Gasteiger partial charge in [0.1, 0.15) is 13.9 Å². The highest BCUT2D eigenvalue weighted by molar-refractivity contribution is 6.33. The van der Waals surface area contributed by atoms with Gasteiger partial charge >= 0.3 is 0 Å². The van der Waals surface area contributed by atoms with Gasteiger partial charge in [0.2, 0.25) is 11.8 Å². The average molecular weight is 267 g/mol. The van der Waals surface area contributed by atoms with Gasteiger partial charge in [0.05, 0.1) is 17.2 Å². The minimum absolute atomic E-state index is 0.206. The molecule has 7 heteroatoms. The first-order chi connectivity index (χ1) is 9.56. The van der Waals surface area contributed by atoms with Gasteiger partial charge in [-0.25, -0.2) is 4.98 Å². The first-order valence-electron chi connectivity index (χ1n) is 6.16. The van der Waals surface area contributed by atoms with Crippen molar-refractivity contribution in [3.05, 3.63) is 34.9 Å². The van der Waals surface area contributed by atoms with E-state index in [9.17, 15) is 14.4 Å². The lowest BCUT2D eigenvalue weighted by molar-refractivity contribution is -0.135. The predicted molar refractivity (Wildman–Crippen MR) is 72.8 cm³/mol. The van der Waals surface area contributed by atoms with Crippen LogP contribution in [0.2, 0.25) is 0 Å². The van der Waals surface area contributed by atoms with Gasteiger partial charge in [0, 0.05) is 6.42 Å². The van der Waals surface area contributed by atoms with Gasteiger partial charge in [0.25, 0.3) is 5.56 Å². The summed E-state index contributed by atoms with van der Waals surface area (Å²) in [5.41, 5.74) is 0.641. The topological polar surface area (TPSA) is 81.1 Å². The maximum Gasteiger partial charge on any atom is 0.261 e. The second-order valence-corrected chi connectivity index (χ2v) is 4.70. The van der Waals surface area contributed by atoms with Gasteiger partial charge in [0.15, 0.2) is 0 Å². The standard InChI is InChI=1S/C13H10BN3O3/c14-7-1-2-9-8(5-7)13(20)17(6-15-9)10-3-4-11(18)16-12(10)19/h1-2,5-6,10H,3-4H2,(H,16,18,19). The van der Waals surface area contributed by atoms with Crippen molar-refractivity contribution in [2.75, 3.05) is 0 Å². The minimum Gasteiger partial charge on any atom is -0.295 e. The number of carbonyl (C=O) groups is 2. The molecule has 6 nitrogen and oxygen atoms in total. The van der Waals surface area contributed by atoms with Gasteiger partial charge in [-0.2, -0.15) is 0 Å². The maximum absolute atomic E-state index is 12.4. The van der Waals surface area contributed by atoms with Crippen molar-refractivity contribution in [3.8, 4) is 0 Å². The van der Waals surface area contributed by atoms with Crippen LogP contribution >= 0.6 is 0 Å². The second kappa shape index (κ2) is 4.59. The molecule has 1 fully saturated rings. The molecular weight excluding hydrogens is 257 g/mol. The molecule has 1 N–H and O–H groups in total. The van der Waals surface area contributed by atoms with Gasteiger partial charge in [-0.1, -0.05) is 17.6 Å². The Kier molecular flexibility index (Phi) is 2.89. The lowest BCUT2D eigenvalue weighted by atomic mass is 9.95. The highest BCUT2D eigenvalue weighted by Gasteiger charge is 2.29. The zero-order valence-corrected chi connectivity index (χ0v) is 10.5. The summed E-state index contributed by atoms with van der Waals surface area (Å²) in [6.45, 7) is 0. The molecule has 0 aliphatic carbocycles. The van der Waals surface area contributed by atoms with Gasteiger partial charge in [-0.3, -0.25) is 24.3 Å². The van der Waals surface area contributed by atoms with Crippen molar-refractivity contribution in [3.63, 3.8) is 0 Å². The van der Waals surface area contributed by atoms with E-state index in [0.717, 1.165) is 0 Å². The summed E-state index contributed by atoms with van der Waals surface area (Å²) in [6, 6.07) is 4.14. The third kappa shape index (κ3) is 2.01. The number of nitrogens with one attached hydrogen (secondary N) is 1. The van der Waals surface area contributed by atoms with Crippen LogP contribution in [0.5, 0.6) is 0 Å². The predicted octanol–water partition coefficient (Wildman–Crippen LogP) is -0.832. The Morgan fingerprint density at radius 3 is 2.85 bits per heavy atom. The molecule has 98 valence electrons. The van der Waals surface area contributed by atoms with Gasteiger partial charge in [-0.05, 0) is 12.5 Å². The van der Waals surface area contributed by atoms with Gasteiger partial charge < -0.3 is 0 Å². The van der Waals surface area contributed by atoms with E-state index in [4.69, 9.17) is 7.85 Å². The number of benzene rings is 1. The number of hydrogen-bond acceptors (Lipinski definition) is 4. The Morgan fingerprint density at radius 1 is 1.30 bits per heavy atom. The summed E-state index contributed by atoms with van der Waals surface area (Å²) in [4.78, 5) is 39.5. The Labute approximate surface area is 115 Å². The summed E-state index contributed by atoms with van der Waals surface area (Å²) >= 11 is 0. The second-order valence-electron chi connectivity index (χ2n) is 4.70. The lowest BCUT2D eigenvalue weighted by Gasteiger charge is -2.22. The molecular formula is C13H10BN3O3. The van der Waals surface area contributed by atoms with Crippen molar-refractivity contribution >= 4 is 36.0 Å². The van der Waals surface area contributed by atoms with E-state index >= 15 is 0 Å². The van der Waals surface area contributed by atoms with Crippen molar-refractivity contribution in [1.82, 2.24) is 14.9 Å². The third-order valence-electron chi connectivity index (χ3n) is 3.35. The van der Waals surface area contributed by atoms with Crippen molar-refractivity contribution in [2.24, 2.45) is 0 Å². The summed E-state index contributed by atoms with van der Waals surface area (Å²) in [6.07, 6.45) is 1.83. The van der Waals surface area contributed by atoms with Crippen LogP contribution in [-0.2, 0) is 9.59 Å². The number of carbonyl (C=O) groups excluding carboxylic acids is 2. The normalized spacial score (nSPS) is 19.1. The van der Waals surface area contributed by atoms with Crippen LogP contribution in [0.1, 0.15) is 18.9 Å². The fourth-order valence-corrected chi connectivity index (χ4v) is 2.32. The number of imide groups is 1. The van der Waals surface area contributed by atoms with Crippen LogP contribution in [0.25, 0.3) is 10.9 Å². The summed E-state index contributed by atoms with van der Waals surface area (Å²) in [5.74, 6) is -0.800. The van der Waals surface area contributed by atoms with E-state index in [1.807, 2.05) is 0 Å². The van der Waals surface area contributed by atoms with Gasteiger partial charge in [-0.15, -0.1) is 0 Å². The van der Waals surface area contributed by atoms with Crippen molar-refractivity contribution < 1.29 is 9.59 Å². The molecule has 3 rings (SSSR count). The first-order valence-corrected chi connectivity index (χ1v) is 6.16. The molecule has 1 atom stereocenters. The number of rotatable bonds is 1. The Balaban J connectivity index is 2.13. The van der Waals surface area contributed by atoms with E-state index in [2.05, 4.69) is 10.3 Å². The Bertz CT molecular complexity index is 784. The molecule has 2 amide bonds. The molecule has 0 bridgehead atoms. The molecule has 1 aliphatic heterocycles. The highest BCUT2D eigenvalue weighted by Crippen LogP contribution is 2.17. The Hall–Kier alpha value is -2.44. The average Bonchev–Trinajstić information content (AvgIpc) is 2.41. The molecule has 2 radical (unpaired) electrons. The summed E-state index contributed by atoms with van der Waals surface area (Å²) in [5, 5.41) is 2.58. The lowest BCUT2D eigenvalue weighted by Crippen LogP contribution is -2.44. The molecule has 2 heterocycles. The number of aromatic nitrogens is 2. The van der Waals surface area contributed by atoms with Crippen LogP contribution in [0.15, 0.2) is 29.3 Å². The van der Waals surface area contributed by atoms with Crippen LogP contribution < -0.4 is 16.3 Å². The first kappa shape index (κ1) is 12.6. The molecule has 1 aromatic carbocycles. The monoisotopic (exact) mass is 267 g/mol. The Morgan fingerprint density at radius 2 is 2.10 bits per heavy atom. The van der Waals surface area contributed by atoms with E-state index in [1.54, 1.807) is 12.1 Å². The molecule has 1 unspecified atom stereocenters. The van der Waals surface area contributed by atoms with Crippen LogP contribution in [0.3, 0.4) is 0 Å². The smallest absolute Gasteiger partial charge is 0.261 e. The van der Waals surface area contributed by atoms with Crippen LogP contribution in [-0.4, -0.2) is 29.2 Å². The van der Waals surface area contributed by atoms with Crippen molar-refractivity contribution in [1.29, 1.82) is 0 Å². The zero-order valence-electron chi connectivity index (χ0n) is 10.5. The molecule has 1 aromatic heterocycles. The molecule has 20 heavy (non-hydrogen) atoms. The van der Waals surface area contributed by atoms with Crippen LogP contribution in [0.4, 0.5) is 0 Å². The maximum atomic E-state index is 12.4. The number of nitrogens with zero attached hydrogens (tertiary/aromatic N) is 2. The molecule has 2 aromatic rings. The quantitative estimate of drug-likeness (QED) is 0.540. The summed E-state index contributed by atoms with van der Waals surface area (Å²) in [7, 11) is 5.67. The number of piperidine rings is 1. The molecule has 0 saturated carbocycles. The van der Waals surface area contributed by atoms with E-state index in [0.29, 0.717) is 22.8 Å². The van der Waals surface area contributed by atoms with E-state index < -0.39 is 11.9 Å². The third-order valence-corrected chi connectivity index (χ3v) is 3.35. The number of hydrogen-bond donors (Lipinski definition) is 1. The minimum atomic E-state index is -0.710. The largest absolute Gasteiger partial charge is 0.295 e. The van der Waals surface area contributed by atoms with E-state index in [1.165, 1.54) is 17.0 Å². The number of amides is 2. The molecule has 0 spiro atoms. The van der Waals surface area contributed by atoms with E-state index in [-0.39, 0.29) is 17.9 Å². The zero-order chi connectivity index (χ0) is 14.3. The summed E-state index contributed by atoms with van der Waals surface area (Å²) < 4.78 is 1.25.